The molecule has 1 amide bonds. The van der Waals surface area contributed by atoms with Crippen molar-refractivity contribution in [3.63, 3.8) is 0 Å². The highest BCUT2D eigenvalue weighted by atomic mass is 32.1. The SMILES string of the molecule is Cc1nc2ccc(-c3cc(OC[C@H]4CNC(=O)C4)c4cccnc4c3)cc2s1. The van der Waals surface area contributed by atoms with Gasteiger partial charge in [0.05, 0.1) is 27.3 Å². The van der Waals surface area contributed by atoms with Crippen LogP contribution in [-0.2, 0) is 4.79 Å². The number of aromatic nitrogens is 2. The number of fused-ring (bicyclic) bond motifs is 2. The molecule has 2 aromatic heterocycles. The van der Waals surface area contributed by atoms with Gasteiger partial charge in [-0.2, -0.15) is 0 Å². The van der Waals surface area contributed by atoms with Crippen molar-refractivity contribution in [2.75, 3.05) is 13.2 Å². The number of carbonyl (C=O) groups is 1. The fraction of sp³-hybridized carbons (Fsp3) is 0.227. The van der Waals surface area contributed by atoms with Crippen molar-refractivity contribution in [1.82, 2.24) is 15.3 Å². The summed E-state index contributed by atoms with van der Waals surface area (Å²) in [5.74, 6) is 1.11. The maximum absolute atomic E-state index is 11.4. The lowest BCUT2D eigenvalue weighted by Crippen LogP contribution is -2.16. The quantitative estimate of drug-likeness (QED) is 0.564. The van der Waals surface area contributed by atoms with E-state index in [1.165, 1.54) is 4.70 Å². The maximum atomic E-state index is 11.4. The van der Waals surface area contributed by atoms with Crippen molar-refractivity contribution >= 4 is 38.4 Å². The van der Waals surface area contributed by atoms with Crippen LogP contribution in [0.5, 0.6) is 5.75 Å². The summed E-state index contributed by atoms with van der Waals surface area (Å²) in [5, 5.41) is 4.91. The highest BCUT2D eigenvalue weighted by Gasteiger charge is 2.22. The molecule has 5 rings (SSSR count). The Morgan fingerprint density at radius 3 is 2.96 bits per heavy atom. The predicted octanol–water partition coefficient (Wildman–Crippen LogP) is 4.33. The Morgan fingerprint density at radius 2 is 2.11 bits per heavy atom. The minimum absolute atomic E-state index is 0.0991. The van der Waals surface area contributed by atoms with Gasteiger partial charge in [-0.05, 0) is 54.4 Å². The molecule has 6 heteroatoms. The van der Waals surface area contributed by atoms with Crippen molar-refractivity contribution in [2.45, 2.75) is 13.3 Å². The van der Waals surface area contributed by atoms with Gasteiger partial charge >= 0.3 is 0 Å². The number of ether oxygens (including phenoxy) is 1. The molecule has 0 unspecified atom stereocenters. The minimum Gasteiger partial charge on any atom is -0.492 e. The molecule has 2 aromatic carbocycles. The lowest BCUT2D eigenvalue weighted by atomic mass is 10.0. The molecule has 1 N–H and O–H groups in total. The van der Waals surface area contributed by atoms with E-state index in [0.717, 1.165) is 38.3 Å². The summed E-state index contributed by atoms with van der Waals surface area (Å²) in [6.07, 6.45) is 2.32. The van der Waals surface area contributed by atoms with Crippen molar-refractivity contribution in [2.24, 2.45) is 5.92 Å². The van der Waals surface area contributed by atoms with Crippen molar-refractivity contribution in [1.29, 1.82) is 0 Å². The first-order valence-corrected chi connectivity index (χ1v) is 10.1. The van der Waals surface area contributed by atoms with Crippen LogP contribution in [0.2, 0.25) is 0 Å². The van der Waals surface area contributed by atoms with E-state index in [4.69, 9.17) is 4.74 Å². The Kier molecular flexibility index (Phi) is 4.20. The second-order valence-electron chi connectivity index (χ2n) is 7.15. The van der Waals surface area contributed by atoms with Gasteiger partial charge in [0.2, 0.25) is 5.91 Å². The van der Waals surface area contributed by atoms with E-state index in [1.54, 1.807) is 17.5 Å². The maximum Gasteiger partial charge on any atom is 0.220 e. The normalized spacial score (nSPS) is 16.6. The minimum atomic E-state index is 0.0991. The number of hydrogen-bond donors (Lipinski definition) is 1. The van der Waals surface area contributed by atoms with Gasteiger partial charge in [0.1, 0.15) is 5.75 Å². The van der Waals surface area contributed by atoms with Gasteiger partial charge in [0.25, 0.3) is 0 Å². The third-order valence-electron chi connectivity index (χ3n) is 5.05. The Balaban J connectivity index is 1.54. The monoisotopic (exact) mass is 389 g/mol. The molecule has 0 saturated carbocycles. The largest absolute Gasteiger partial charge is 0.492 e. The molecular formula is C22H19N3O2S. The number of nitrogens with zero attached hydrogens (tertiary/aromatic N) is 2. The highest BCUT2D eigenvalue weighted by molar-refractivity contribution is 7.18. The molecule has 28 heavy (non-hydrogen) atoms. The standard InChI is InChI=1S/C22H19N3O2S/c1-13-25-18-5-4-15(10-21(18)28-13)16-8-19-17(3-2-6-23-19)20(9-16)27-12-14-7-22(26)24-11-14/h2-6,8-10,14H,7,11-12H2,1H3,(H,24,26)/t14-/m1/s1. The Hall–Kier alpha value is -2.99. The average molecular weight is 389 g/mol. The Morgan fingerprint density at radius 1 is 1.18 bits per heavy atom. The number of thiazole rings is 1. The molecule has 5 nitrogen and oxygen atoms in total. The summed E-state index contributed by atoms with van der Waals surface area (Å²) in [7, 11) is 0. The summed E-state index contributed by atoms with van der Waals surface area (Å²) >= 11 is 1.70. The number of hydrogen-bond acceptors (Lipinski definition) is 5. The van der Waals surface area contributed by atoms with E-state index >= 15 is 0 Å². The van der Waals surface area contributed by atoms with Crippen molar-refractivity contribution in [3.05, 3.63) is 53.7 Å². The van der Waals surface area contributed by atoms with Gasteiger partial charge < -0.3 is 10.1 Å². The van der Waals surface area contributed by atoms with Crippen LogP contribution < -0.4 is 10.1 Å². The van der Waals surface area contributed by atoms with E-state index in [0.29, 0.717) is 19.6 Å². The molecule has 1 atom stereocenters. The van der Waals surface area contributed by atoms with Gasteiger partial charge in [0, 0.05) is 30.5 Å². The van der Waals surface area contributed by atoms with Crippen LogP contribution in [0.15, 0.2) is 48.7 Å². The smallest absolute Gasteiger partial charge is 0.220 e. The summed E-state index contributed by atoms with van der Waals surface area (Å²) in [6, 6.07) is 14.4. The van der Waals surface area contributed by atoms with Gasteiger partial charge in [0.15, 0.2) is 0 Å². The molecular weight excluding hydrogens is 370 g/mol. The summed E-state index contributed by atoms with van der Waals surface area (Å²) in [6.45, 7) is 3.22. The lowest BCUT2D eigenvalue weighted by Gasteiger charge is -2.14. The molecule has 0 bridgehead atoms. The summed E-state index contributed by atoms with van der Waals surface area (Å²) in [4.78, 5) is 20.5. The second kappa shape index (κ2) is 6.87. The van der Waals surface area contributed by atoms with Crippen LogP contribution in [0.4, 0.5) is 0 Å². The molecule has 140 valence electrons. The molecule has 0 spiro atoms. The van der Waals surface area contributed by atoms with E-state index < -0.39 is 0 Å². The van der Waals surface area contributed by atoms with Crippen LogP contribution in [-0.4, -0.2) is 29.0 Å². The molecule has 4 aromatic rings. The first-order valence-electron chi connectivity index (χ1n) is 9.31. The van der Waals surface area contributed by atoms with Gasteiger partial charge in [-0.15, -0.1) is 11.3 Å². The van der Waals surface area contributed by atoms with Crippen LogP contribution >= 0.6 is 11.3 Å². The topological polar surface area (TPSA) is 64.1 Å². The molecule has 1 aliphatic heterocycles. The molecule has 1 aliphatic rings. The van der Waals surface area contributed by atoms with E-state index in [9.17, 15) is 4.79 Å². The number of pyridine rings is 1. The fourth-order valence-electron chi connectivity index (χ4n) is 3.64. The van der Waals surface area contributed by atoms with E-state index in [2.05, 4.69) is 45.6 Å². The summed E-state index contributed by atoms with van der Waals surface area (Å²) in [5.41, 5.74) is 4.11. The third-order valence-corrected chi connectivity index (χ3v) is 5.98. The number of nitrogens with one attached hydrogen (secondary N) is 1. The zero-order valence-corrected chi connectivity index (χ0v) is 16.3. The van der Waals surface area contributed by atoms with Crippen molar-refractivity contribution < 1.29 is 9.53 Å². The highest BCUT2D eigenvalue weighted by Crippen LogP contribution is 2.34. The summed E-state index contributed by atoms with van der Waals surface area (Å²) < 4.78 is 7.34. The predicted molar refractivity (Wildman–Crippen MR) is 112 cm³/mol. The number of carbonyl (C=O) groups excluding carboxylic acids is 1. The van der Waals surface area contributed by atoms with E-state index in [1.807, 2.05) is 19.1 Å². The second-order valence-corrected chi connectivity index (χ2v) is 8.38. The zero-order chi connectivity index (χ0) is 19.1. The van der Waals surface area contributed by atoms with Gasteiger partial charge in [-0.1, -0.05) is 6.07 Å². The molecule has 0 radical (unpaired) electrons. The van der Waals surface area contributed by atoms with Gasteiger partial charge in [-0.25, -0.2) is 4.98 Å². The molecule has 1 fully saturated rings. The van der Waals surface area contributed by atoms with Crippen LogP contribution in [0.3, 0.4) is 0 Å². The number of rotatable bonds is 4. The van der Waals surface area contributed by atoms with Crippen molar-refractivity contribution in [3.8, 4) is 16.9 Å². The molecule has 1 saturated heterocycles. The zero-order valence-electron chi connectivity index (χ0n) is 15.4. The molecule has 3 heterocycles. The Labute approximate surface area is 166 Å². The number of aryl methyl sites for hydroxylation is 1. The Bertz CT molecular complexity index is 1200. The van der Waals surface area contributed by atoms with E-state index in [-0.39, 0.29) is 11.8 Å². The number of benzene rings is 2. The van der Waals surface area contributed by atoms with Crippen LogP contribution in [0.1, 0.15) is 11.4 Å². The fourth-order valence-corrected chi connectivity index (χ4v) is 4.51. The first-order chi connectivity index (χ1) is 13.7. The molecule has 0 aliphatic carbocycles. The van der Waals surface area contributed by atoms with Crippen LogP contribution in [0, 0.1) is 12.8 Å². The first kappa shape index (κ1) is 17.1. The average Bonchev–Trinajstić information content (AvgIpc) is 3.29. The number of amides is 1. The van der Waals surface area contributed by atoms with Gasteiger partial charge in [-0.3, -0.25) is 9.78 Å². The third kappa shape index (κ3) is 3.20. The van der Waals surface area contributed by atoms with Crippen LogP contribution in [0.25, 0.3) is 32.2 Å². The lowest BCUT2D eigenvalue weighted by molar-refractivity contribution is -0.119.